The van der Waals surface area contributed by atoms with Gasteiger partial charge in [-0.05, 0) is 0 Å². The van der Waals surface area contributed by atoms with Gasteiger partial charge in [-0.15, -0.1) is 0 Å². The van der Waals surface area contributed by atoms with Crippen LogP contribution in [0.4, 0.5) is 0 Å². The first-order chi connectivity index (χ1) is 39.3. The van der Waals surface area contributed by atoms with E-state index in [0.717, 1.165) is 0 Å². The molecule has 6 amide bonds. The predicted molar refractivity (Wildman–Crippen MR) is 311 cm³/mol. The van der Waals surface area contributed by atoms with E-state index in [9.17, 15) is 28.8 Å². The van der Waals surface area contributed by atoms with Gasteiger partial charge in [0, 0.05) is 0 Å². The molecule has 0 aliphatic heterocycles. The average Bonchev–Trinajstić information content (AvgIpc) is 3.57. The molecule has 0 aliphatic carbocycles. The fourth-order valence-corrected chi connectivity index (χ4v) is 21.3. The maximum absolute atomic E-state index is 12.8. The molecule has 7 aromatic rings. The summed E-state index contributed by atoms with van der Waals surface area (Å²) in [7, 11) is 0. The summed E-state index contributed by atoms with van der Waals surface area (Å²) in [6.07, 6.45) is 7.69. The summed E-state index contributed by atoms with van der Waals surface area (Å²) < 4.78 is 43.1. The molecule has 0 unspecified atom stereocenters. The van der Waals surface area contributed by atoms with Crippen LogP contribution in [0.5, 0.6) is 34.5 Å². The molecule has 0 aromatic heterocycles. The molecular formula is C60H51N6O12Sb3. The monoisotopic (exact) mass is 1410 g/mol. The standard InChI is InChI=1S/6C9H9NO2.C6H3.3Sb/c6*1-2-10-9(12)7-3-5-8(11)6-4-7;1-2-4-6-5-3-1;;;/h6*2-6,11H,1H2,(H,10,12);1,4-5H;;;/q;;;;;;;3*+2/p-6. The van der Waals surface area contributed by atoms with Gasteiger partial charge in [-0.25, -0.2) is 0 Å². The van der Waals surface area contributed by atoms with Crippen LogP contribution in [0.25, 0.3) is 0 Å². The van der Waals surface area contributed by atoms with Crippen LogP contribution in [-0.4, -0.2) is 98.6 Å². The summed E-state index contributed by atoms with van der Waals surface area (Å²) in [6, 6.07) is 44.5. The number of hydrogen-bond donors (Lipinski definition) is 6. The van der Waals surface area contributed by atoms with Gasteiger partial charge < -0.3 is 0 Å². The molecule has 7 rings (SSSR count). The van der Waals surface area contributed by atoms with Gasteiger partial charge in [0.15, 0.2) is 0 Å². The van der Waals surface area contributed by atoms with Crippen LogP contribution in [0.3, 0.4) is 0 Å². The van der Waals surface area contributed by atoms with Gasteiger partial charge in [0.1, 0.15) is 0 Å². The fourth-order valence-electron chi connectivity index (χ4n) is 6.90. The number of carbonyl (C=O) groups excluding carboxylic acids is 6. The predicted octanol–water partition coefficient (Wildman–Crippen LogP) is 6.49. The molecule has 0 spiro atoms. The Hall–Kier alpha value is -8.95. The van der Waals surface area contributed by atoms with Crippen LogP contribution in [0.1, 0.15) is 62.1 Å². The summed E-state index contributed by atoms with van der Waals surface area (Å²) in [5, 5.41) is 15.4. The summed E-state index contributed by atoms with van der Waals surface area (Å²) in [5.74, 6) is -0.127. The van der Waals surface area contributed by atoms with Crippen LogP contribution in [-0.2, 0) is 0 Å². The van der Waals surface area contributed by atoms with Crippen molar-refractivity contribution < 1.29 is 46.9 Å². The van der Waals surface area contributed by atoms with Crippen molar-refractivity contribution in [2.45, 2.75) is 0 Å². The number of benzene rings is 7. The quantitative estimate of drug-likeness (QED) is 0.0304. The van der Waals surface area contributed by atoms with Crippen molar-refractivity contribution in [3.05, 3.63) is 274 Å². The summed E-state index contributed by atoms with van der Waals surface area (Å²) in [4.78, 5) is 76.7. The van der Waals surface area contributed by atoms with E-state index in [2.05, 4.69) is 71.4 Å². The minimum atomic E-state index is -3.99. The van der Waals surface area contributed by atoms with Crippen LogP contribution in [0.15, 0.2) is 240 Å². The van der Waals surface area contributed by atoms with Gasteiger partial charge in [0.05, 0.1) is 0 Å². The molecule has 7 aromatic carbocycles. The Morgan fingerprint density at radius 1 is 0.259 bits per heavy atom. The average molecular weight is 1410 g/mol. The summed E-state index contributed by atoms with van der Waals surface area (Å²) >= 11 is -12.0. The van der Waals surface area contributed by atoms with Gasteiger partial charge in [-0.1, -0.05) is 0 Å². The molecule has 6 N–H and O–H groups in total. The van der Waals surface area contributed by atoms with Crippen LogP contribution in [0.2, 0.25) is 0 Å². The molecule has 21 heteroatoms. The number of hydrogen-bond acceptors (Lipinski definition) is 12. The molecule has 0 heterocycles. The van der Waals surface area contributed by atoms with Crippen molar-refractivity contribution in [1.82, 2.24) is 31.9 Å². The SMILES string of the molecule is C=CNC(=O)c1ccc([O][Sb]([O]c2ccc(C(=O)NC=C)cc2)[c]2c[c]([Sb]([O]c3ccc(C(=O)NC=C)cc3)[O]c3ccc(C(=O)NC=C)cc3)c[c]([Sb]([O]c3ccc(C(=O)NC=C)cc3)[O]c3ccc(C(=O)NC=C)cc3)c2)cc1. The molecule has 0 radical (unpaired) electrons. The normalized spacial score (nSPS) is 10.4. The molecule has 408 valence electrons. The van der Waals surface area contributed by atoms with E-state index in [-0.39, 0.29) is 35.4 Å². The zero-order valence-corrected chi connectivity index (χ0v) is 50.7. The van der Waals surface area contributed by atoms with Gasteiger partial charge >= 0.3 is 496 Å². The Morgan fingerprint density at radius 2 is 0.395 bits per heavy atom. The first kappa shape index (κ1) is 59.7. The Balaban J connectivity index is 1.44. The van der Waals surface area contributed by atoms with E-state index in [1.807, 2.05) is 18.2 Å². The topological polar surface area (TPSA) is 230 Å². The van der Waals surface area contributed by atoms with Crippen LogP contribution >= 0.6 is 0 Å². The van der Waals surface area contributed by atoms with Crippen molar-refractivity contribution in [2.75, 3.05) is 0 Å². The van der Waals surface area contributed by atoms with E-state index >= 15 is 0 Å². The first-order valence-corrected chi connectivity index (χ1v) is 34.1. The van der Waals surface area contributed by atoms with E-state index in [0.29, 0.717) is 78.4 Å². The van der Waals surface area contributed by atoms with E-state index in [1.54, 1.807) is 146 Å². The molecule has 0 bridgehead atoms. The molecule has 0 aliphatic rings. The van der Waals surface area contributed by atoms with Crippen molar-refractivity contribution in [1.29, 1.82) is 0 Å². The molecule has 18 nitrogen and oxygen atoms in total. The third-order valence-corrected chi connectivity index (χ3v) is 23.0. The number of carbonyl (C=O) groups is 6. The fraction of sp³-hybridized carbons (Fsp3) is 0. The van der Waals surface area contributed by atoms with E-state index in [1.165, 1.54) is 37.2 Å². The maximum atomic E-state index is 12.8. The second-order valence-corrected chi connectivity index (χ2v) is 28.2. The number of nitrogens with one attached hydrogen (secondary N) is 6. The Kier molecular flexibility index (Phi) is 22.0. The Morgan fingerprint density at radius 3 is 0.519 bits per heavy atom. The third kappa shape index (κ3) is 17.0. The Labute approximate surface area is 492 Å². The zero-order chi connectivity index (χ0) is 57.7. The summed E-state index contributed by atoms with van der Waals surface area (Å²) in [5.41, 5.74) is 2.04. The van der Waals surface area contributed by atoms with Crippen molar-refractivity contribution >= 4 is 109 Å². The molecular weight excluding hydrogens is 1360 g/mol. The second-order valence-electron chi connectivity index (χ2n) is 16.2. The van der Waals surface area contributed by atoms with E-state index < -0.39 is 63.2 Å². The third-order valence-electron chi connectivity index (χ3n) is 10.7. The van der Waals surface area contributed by atoms with Crippen LogP contribution < -0.4 is 60.5 Å². The zero-order valence-electron chi connectivity index (χ0n) is 43.0. The Bertz CT molecular complexity index is 2880. The number of amides is 6. The first-order valence-electron chi connectivity index (χ1n) is 24.1. The van der Waals surface area contributed by atoms with E-state index in [4.69, 9.17) is 18.1 Å². The van der Waals surface area contributed by atoms with Crippen molar-refractivity contribution in [3.63, 3.8) is 0 Å². The van der Waals surface area contributed by atoms with Gasteiger partial charge in [0.2, 0.25) is 0 Å². The van der Waals surface area contributed by atoms with Gasteiger partial charge in [0.25, 0.3) is 0 Å². The minimum absolute atomic E-state index is 0.340. The van der Waals surface area contributed by atoms with Crippen molar-refractivity contribution in [2.24, 2.45) is 0 Å². The molecule has 81 heavy (non-hydrogen) atoms. The van der Waals surface area contributed by atoms with Gasteiger partial charge in [-0.2, -0.15) is 0 Å². The summed E-state index contributed by atoms with van der Waals surface area (Å²) in [6.45, 7) is 21.5. The molecule has 0 saturated carbocycles. The molecule has 0 saturated heterocycles. The van der Waals surface area contributed by atoms with Gasteiger partial charge in [-0.3, -0.25) is 0 Å². The van der Waals surface area contributed by atoms with Crippen molar-refractivity contribution in [3.8, 4) is 34.5 Å². The molecule has 0 atom stereocenters. The number of rotatable bonds is 27. The van der Waals surface area contributed by atoms with Crippen LogP contribution in [0, 0.1) is 0 Å². The second kappa shape index (κ2) is 29.9. The molecule has 0 fully saturated rings.